The van der Waals surface area contributed by atoms with E-state index in [-0.39, 0.29) is 18.0 Å². The lowest BCUT2D eigenvalue weighted by atomic mass is 9.63. The lowest BCUT2D eigenvalue weighted by molar-refractivity contribution is -0.110. The van der Waals surface area contributed by atoms with Gasteiger partial charge in [0, 0.05) is 0 Å². The standard InChI is InChI=1S/C9H13FN2O/c10-9-6-1-5-2-7(4-6)12(11-13)8(9)3-5/h5-9H,1-4H2. The van der Waals surface area contributed by atoms with Gasteiger partial charge in [-0.3, -0.25) is 5.01 Å². The average Bonchev–Trinajstić information content (AvgIpc) is 2.13. The van der Waals surface area contributed by atoms with E-state index in [4.69, 9.17) is 0 Å². The van der Waals surface area contributed by atoms with Gasteiger partial charge in [-0.2, -0.15) is 0 Å². The van der Waals surface area contributed by atoms with E-state index in [2.05, 4.69) is 5.29 Å². The predicted octanol–water partition coefficient (Wildman–Crippen LogP) is 1.88. The lowest BCUT2D eigenvalue weighted by Crippen LogP contribution is -2.61. The van der Waals surface area contributed by atoms with Gasteiger partial charge in [-0.25, -0.2) is 4.39 Å². The fraction of sp³-hybridized carbons (Fsp3) is 1.00. The van der Waals surface area contributed by atoms with Crippen LogP contribution in [0, 0.1) is 16.7 Å². The largest absolute Gasteiger partial charge is 0.252 e. The summed E-state index contributed by atoms with van der Waals surface area (Å²) in [5, 5.41) is 4.48. The maximum absolute atomic E-state index is 13.7. The summed E-state index contributed by atoms with van der Waals surface area (Å²) >= 11 is 0. The van der Waals surface area contributed by atoms with Gasteiger partial charge in [0.05, 0.1) is 17.4 Å². The van der Waals surface area contributed by atoms with Gasteiger partial charge in [-0.15, -0.1) is 4.91 Å². The Kier molecular flexibility index (Phi) is 1.44. The molecular formula is C9H13FN2O. The molecule has 0 radical (unpaired) electrons. The molecule has 0 N–H and O–H groups in total. The van der Waals surface area contributed by atoms with Gasteiger partial charge in [0.25, 0.3) is 0 Å². The Morgan fingerprint density at radius 3 is 2.85 bits per heavy atom. The van der Waals surface area contributed by atoms with Crippen LogP contribution in [0.1, 0.15) is 25.7 Å². The number of hydrogen-bond donors (Lipinski definition) is 0. The maximum atomic E-state index is 13.7. The molecule has 4 rings (SSSR count). The molecule has 4 heteroatoms. The van der Waals surface area contributed by atoms with Crippen LogP contribution in [0.4, 0.5) is 4.39 Å². The molecule has 0 spiro atoms. The van der Waals surface area contributed by atoms with Crippen molar-refractivity contribution in [2.75, 3.05) is 0 Å². The molecule has 4 aliphatic rings. The summed E-state index contributed by atoms with van der Waals surface area (Å²) in [4.78, 5) is 10.5. The number of rotatable bonds is 1. The summed E-state index contributed by atoms with van der Waals surface area (Å²) in [6.45, 7) is 0. The van der Waals surface area contributed by atoms with Crippen LogP contribution in [0.15, 0.2) is 5.29 Å². The summed E-state index contributed by atoms with van der Waals surface area (Å²) in [5.41, 5.74) is 0. The molecule has 0 aromatic heterocycles. The molecule has 2 aliphatic carbocycles. The van der Waals surface area contributed by atoms with Crippen molar-refractivity contribution < 1.29 is 4.39 Å². The second-order valence-corrected chi connectivity index (χ2v) is 4.70. The van der Waals surface area contributed by atoms with Crippen LogP contribution in [0.25, 0.3) is 0 Å². The molecule has 4 bridgehead atoms. The second kappa shape index (κ2) is 2.42. The van der Waals surface area contributed by atoms with Crippen LogP contribution in [-0.2, 0) is 0 Å². The lowest BCUT2D eigenvalue weighted by Gasteiger charge is -2.55. The number of nitrogens with zero attached hydrogens (tertiary/aromatic N) is 2. The molecule has 2 aliphatic heterocycles. The van der Waals surface area contributed by atoms with Crippen molar-refractivity contribution >= 4 is 0 Å². The predicted molar refractivity (Wildman–Crippen MR) is 45.6 cm³/mol. The Hall–Kier alpha value is -0.670. The van der Waals surface area contributed by atoms with Crippen LogP contribution >= 0.6 is 0 Å². The van der Waals surface area contributed by atoms with Crippen LogP contribution in [-0.4, -0.2) is 23.3 Å². The highest BCUT2D eigenvalue weighted by molar-refractivity contribution is 5.04. The molecule has 13 heavy (non-hydrogen) atoms. The van der Waals surface area contributed by atoms with E-state index in [1.54, 1.807) is 0 Å². The Bertz CT molecular complexity index is 248. The van der Waals surface area contributed by atoms with E-state index >= 15 is 0 Å². The summed E-state index contributed by atoms with van der Waals surface area (Å²) < 4.78 is 13.7. The quantitative estimate of drug-likeness (QED) is 0.583. The first-order valence-corrected chi connectivity index (χ1v) is 5.05. The molecule has 0 amide bonds. The number of halogens is 1. The fourth-order valence-electron chi connectivity index (χ4n) is 3.56. The number of alkyl halides is 1. The summed E-state index contributed by atoms with van der Waals surface area (Å²) in [6, 6.07) is 0.0701. The minimum atomic E-state index is -0.800. The third-order valence-corrected chi connectivity index (χ3v) is 4.02. The normalized spacial score (nSPS) is 52.7. The van der Waals surface area contributed by atoms with Crippen molar-refractivity contribution in [3.8, 4) is 0 Å². The first-order valence-electron chi connectivity index (χ1n) is 5.05. The molecule has 2 saturated carbocycles. The van der Waals surface area contributed by atoms with Crippen molar-refractivity contribution in [1.29, 1.82) is 0 Å². The van der Waals surface area contributed by atoms with Crippen molar-refractivity contribution in [2.24, 2.45) is 17.1 Å². The van der Waals surface area contributed by atoms with E-state index in [1.807, 2.05) is 0 Å². The zero-order valence-corrected chi connectivity index (χ0v) is 7.40. The van der Waals surface area contributed by atoms with Gasteiger partial charge in [-0.05, 0) is 37.5 Å². The summed E-state index contributed by atoms with van der Waals surface area (Å²) in [6.07, 6.45) is 3.00. The Morgan fingerprint density at radius 1 is 1.23 bits per heavy atom. The monoisotopic (exact) mass is 184 g/mol. The molecule has 5 unspecified atom stereocenters. The van der Waals surface area contributed by atoms with Gasteiger partial charge in [0.15, 0.2) is 0 Å². The van der Waals surface area contributed by atoms with Crippen LogP contribution < -0.4 is 0 Å². The Labute approximate surface area is 76.2 Å². The van der Waals surface area contributed by atoms with Gasteiger partial charge < -0.3 is 0 Å². The van der Waals surface area contributed by atoms with E-state index < -0.39 is 6.17 Å². The van der Waals surface area contributed by atoms with Gasteiger partial charge >= 0.3 is 0 Å². The average molecular weight is 184 g/mol. The highest BCUT2D eigenvalue weighted by Crippen LogP contribution is 2.50. The first-order chi connectivity index (χ1) is 6.29. The molecule has 2 heterocycles. The minimum absolute atomic E-state index is 0.186. The summed E-state index contributed by atoms with van der Waals surface area (Å²) in [5.74, 6) is 0.888. The smallest absolute Gasteiger partial charge is 0.125 e. The van der Waals surface area contributed by atoms with Gasteiger partial charge in [0.1, 0.15) is 6.17 Å². The highest BCUT2D eigenvalue weighted by Gasteiger charge is 2.53. The number of nitroso groups, excluding NO2 is 1. The third-order valence-electron chi connectivity index (χ3n) is 4.02. The number of piperidine rings is 2. The topological polar surface area (TPSA) is 32.7 Å². The van der Waals surface area contributed by atoms with Crippen molar-refractivity contribution in [3.05, 3.63) is 4.91 Å². The van der Waals surface area contributed by atoms with Crippen LogP contribution in [0.2, 0.25) is 0 Å². The summed E-state index contributed by atoms with van der Waals surface area (Å²) in [7, 11) is 0. The zero-order chi connectivity index (χ0) is 9.00. The zero-order valence-electron chi connectivity index (χ0n) is 7.40. The van der Waals surface area contributed by atoms with Crippen molar-refractivity contribution in [1.82, 2.24) is 5.01 Å². The van der Waals surface area contributed by atoms with E-state index in [0.29, 0.717) is 5.92 Å². The molecular weight excluding hydrogens is 171 g/mol. The molecule has 0 aromatic rings. The van der Waals surface area contributed by atoms with Crippen molar-refractivity contribution in [2.45, 2.75) is 43.9 Å². The highest BCUT2D eigenvalue weighted by atomic mass is 19.1. The molecule has 3 nitrogen and oxygen atoms in total. The van der Waals surface area contributed by atoms with Gasteiger partial charge in [0.2, 0.25) is 0 Å². The van der Waals surface area contributed by atoms with Gasteiger partial charge in [-0.1, -0.05) is 0 Å². The molecule has 0 aromatic carbocycles. The van der Waals surface area contributed by atoms with Crippen LogP contribution in [0.3, 0.4) is 0 Å². The van der Waals surface area contributed by atoms with Crippen molar-refractivity contribution in [3.63, 3.8) is 0 Å². The Balaban J connectivity index is 1.93. The molecule has 72 valence electrons. The molecule has 5 atom stereocenters. The van der Waals surface area contributed by atoms with E-state index in [0.717, 1.165) is 25.7 Å². The SMILES string of the molecule is O=NN1C2CC3CC(C2)C(F)C1C3. The molecule has 2 saturated heterocycles. The third kappa shape index (κ3) is 0.888. The number of hydrogen-bond acceptors (Lipinski definition) is 2. The maximum Gasteiger partial charge on any atom is 0.125 e. The fourth-order valence-corrected chi connectivity index (χ4v) is 3.56. The van der Waals surface area contributed by atoms with E-state index in [9.17, 15) is 9.30 Å². The molecule has 4 fully saturated rings. The van der Waals surface area contributed by atoms with Crippen LogP contribution in [0.5, 0.6) is 0 Å². The van der Waals surface area contributed by atoms with E-state index in [1.165, 1.54) is 5.01 Å². The Morgan fingerprint density at radius 2 is 2.08 bits per heavy atom. The first kappa shape index (κ1) is 7.71. The second-order valence-electron chi connectivity index (χ2n) is 4.70. The minimum Gasteiger partial charge on any atom is -0.252 e.